The molecule has 10 rings (SSSR count). The fourth-order valence-electron chi connectivity index (χ4n) is 8.23. The van der Waals surface area contributed by atoms with Gasteiger partial charge >= 0.3 is 0 Å². The Kier molecular flexibility index (Phi) is 7.13. The molecule has 0 unspecified atom stereocenters. The Labute approximate surface area is 311 Å². The number of benzene rings is 9. The van der Waals surface area contributed by atoms with Gasteiger partial charge < -0.3 is 4.90 Å². The Morgan fingerprint density at radius 2 is 0.868 bits per heavy atom. The minimum atomic E-state index is 0.0630. The molecule has 0 spiro atoms. The third kappa shape index (κ3) is 5.31. The van der Waals surface area contributed by atoms with Crippen molar-refractivity contribution in [3.05, 3.63) is 188 Å². The minimum absolute atomic E-state index is 0.0630. The first-order valence-electron chi connectivity index (χ1n) is 18.6. The summed E-state index contributed by atoms with van der Waals surface area (Å²) in [6, 6.07) is 67.4. The number of hydrogen-bond acceptors (Lipinski definition) is 1. The second kappa shape index (κ2) is 12.1. The van der Waals surface area contributed by atoms with E-state index >= 15 is 0 Å². The van der Waals surface area contributed by atoms with Crippen molar-refractivity contribution in [1.82, 2.24) is 0 Å². The van der Waals surface area contributed by atoms with Crippen LogP contribution in [0.2, 0.25) is 0 Å². The molecule has 1 heteroatoms. The van der Waals surface area contributed by atoms with E-state index in [4.69, 9.17) is 0 Å². The average molecular weight is 678 g/mol. The van der Waals surface area contributed by atoms with Crippen LogP contribution in [0.1, 0.15) is 26.3 Å². The molecule has 0 atom stereocenters. The molecular weight excluding hydrogens is 639 g/mol. The molecule has 252 valence electrons. The van der Waals surface area contributed by atoms with Crippen LogP contribution in [-0.2, 0) is 5.41 Å². The van der Waals surface area contributed by atoms with Crippen LogP contribution in [0.25, 0.3) is 76.8 Å². The zero-order chi connectivity index (χ0) is 35.7. The monoisotopic (exact) mass is 677 g/mol. The van der Waals surface area contributed by atoms with E-state index in [1.807, 2.05) is 0 Å². The minimum Gasteiger partial charge on any atom is -0.309 e. The molecule has 0 bridgehead atoms. The van der Waals surface area contributed by atoms with Crippen LogP contribution in [0.5, 0.6) is 0 Å². The highest BCUT2D eigenvalue weighted by molar-refractivity contribution is 6.13. The van der Waals surface area contributed by atoms with E-state index < -0.39 is 0 Å². The Bertz CT molecular complexity index is 2840. The Balaban J connectivity index is 1.15. The standard InChI is InChI=1S/C52H39N/c1-52(2,3)42-22-25-43(26-23-42)53(51-45-17-11-10-16-36(45)21-27-46(51)35-14-8-5-9-15-35)44-24-20-39-31-48-47-30-38-19-18-37(34-12-6-4-7-13-34)28-40(38)32-49(47)50(48)33-41(39)29-44/h4-33H,1-3H3. The Hall–Kier alpha value is -6.44. The zero-order valence-electron chi connectivity index (χ0n) is 30.3. The zero-order valence-corrected chi connectivity index (χ0v) is 30.3. The topological polar surface area (TPSA) is 3.24 Å². The largest absolute Gasteiger partial charge is 0.309 e. The van der Waals surface area contributed by atoms with E-state index in [0.29, 0.717) is 0 Å². The van der Waals surface area contributed by atoms with Crippen molar-refractivity contribution in [1.29, 1.82) is 0 Å². The summed E-state index contributed by atoms with van der Waals surface area (Å²) in [7, 11) is 0. The van der Waals surface area contributed by atoms with Gasteiger partial charge in [0.15, 0.2) is 0 Å². The van der Waals surface area contributed by atoms with Crippen molar-refractivity contribution in [3.8, 4) is 44.5 Å². The summed E-state index contributed by atoms with van der Waals surface area (Å²) >= 11 is 0. The lowest BCUT2D eigenvalue weighted by Crippen LogP contribution is -2.14. The smallest absolute Gasteiger partial charge is 0.0618 e. The summed E-state index contributed by atoms with van der Waals surface area (Å²) in [6.07, 6.45) is 0. The predicted octanol–water partition coefficient (Wildman–Crippen LogP) is 14.9. The van der Waals surface area contributed by atoms with Gasteiger partial charge in [-0.2, -0.15) is 0 Å². The van der Waals surface area contributed by atoms with E-state index in [2.05, 4.69) is 208 Å². The summed E-state index contributed by atoms with van der Waals surface area (Å²) in [6.45, 7) is 6.83. The first-order valence-corrected chi connectivity index (χ1v) is 18.6. The summed E-state index contributed by atoms with van der Waals surface area (Å²) in [5.41, 5.74) is 15.1. The van der Waals surface area contributed by atoms with Gasteiger partial charge in [0.1, 0.15) is 0 Å². The maximum absolute atomic E-state index is 2.47. The summed E-state index contributed by atoms with van der Waals surface area (Å²) < 4.78 is 0. The van der Waals surface area contributed by atoms with Crippen LogP contribution >= 0.6 is 0 Å². The van der Waals surface area contributed by atoms with Crippen LogP contribution < -0.4 is 4.90 Å². The lowest BCUT2D eigenvalue weighted by Gasteiger charge is -2.31. The number of rotatable bonds is 5. The van der Waals surface area contributed by atoms with E-state index in [1.165, 1.54) is 88.1 Å². The van der Waals surface area contributed by atoms with Crippen LogP contribution in [0.15, 0.2) is 182 Å². The lowest BCUT2D eigenvalue weighted by molar-refractivity contribution is 0.590. The van der Waals surface area contributed by atoms with E-state index in [-0.39, 0.29) is 5.41 Å². The molecule has 0 radical (unpaired) electrons. The molecule has 0 fully saturated rings. The summed E-state index contributed by atoms with van der Waals surface area (Å²) in [5, 5.41) is 7.49. The van der Waals surface area contributed by atoms with Crippen molar-refractivity contribution in [2.45, 2.75) is 26.2 Å². The highest BCUT2D eigenvalue weighted by Crippen LogP contribution is 2.52. The first-order chi connectivity index (χ1) is 25.9. The molecule has 0 amide bonds. The molecule has 0 heterocycles. The molecule has 1 aliphatic carbocycles. The molecular formula is C52H39N. The molecule has 1 nitrogen and oxygen atoms in total. The Morgan fingerprint density at radius 1 is 0.340 bits per heavy atom. The molecule has 0 saturated carbocycles. The normalized spacial score (nSPS) is 12.1. The number of anilines is 3. The molecule has 9 aromatic rings. The average Bonchev–Trinajstić information content (AvgIpc) is 3.20. The maximum Gasteiger partial charge on any atom is 0.0618 e. The maximum atomic E-state index is 2.47. The van der Waals surface area contributed by atoms with E-state index in [0.717, 1.165) is 11.4 Å². The summed E-state index contributed by atoms with van der Waals surface area (Å²) in [4.78, 5) is 2.47. The molecule has 1 aliphatic rings. The van der Waals surface area contributed by atoms with Gasteiger partial charge in [-0.05, 0) is 131 Å². The molecule has 0 saturated heterocycles. The molecule has 53 heavy (non-hydrogen) atoms. The SMILES string of the molecule is CC(C)(C)c1ccc(N(c2ccc3cc4c(cc3c2)-c2cc3cc(-c5ccccc5)ccc3cc2-4)c2c(-c3ccccc3)ccc3ccccc23)cc1. The molecule has 0 aliphatic heterocycles. The van der Waals surface area contributed by atoms with Gasteiger partial charge in [0.2, 0.25) is 0 Å². The van der Waals surface area contributed by atoms with Crippen molar-refractivity contribution >= 4 is 49.4 Å². The fraction of sp³-hybridized carbons (Fsp3) is 0.0769. The second-order valence-corrected chi connectivity index (χ2v) is 15.4. The van der Waals surface area contributed by atoms with Crippen LogP contribution in [0, 0.1) is 0 Å². The van der Waals surface area contributed by atoms with Gasteiger partial charge in [0.05, 0.1) is 5.69 Å². The van der Waals surface area contributed by atoms with Crippen LogP contribution in [-0.4, -0.2) is 0 Å². The van der Waals surface area contributed by atoms with Crippen molar-refractivity contribution in [3.63, 3.8) is 0 Å². The fourth-order valence-corrected chi connectivity index (χ4v) is 8.23. The van der Waals surface area contributed by atoms with Gasteiger partial charge in [-0.15, -0.1) is 0 Å². The highest BCUT2D eigenvalue weighted by atomic mass is 15.1. The first kappa shape index (κ1) is 31.3. The van der Waals surface area contributed by atoms with Crippen molar-refractivity contribution in [2.24, 2.45) is 0 Å². The number of hydrogen-bond donors (Lipinski definition) is 0. The quantitative estimate of drug-likeness (QED) is 0.175. The van der Waals surface area contributed by atoms with E-state index in [1.54, 1.807) is 0 Å². The third-order valence-corrected chi connectivity index (χ3v) is 11.1. The van der Waals surface area contributed by atoms with Crippen molar-refractivity contribution < 1.29 is 0 Å². The molecule has 9 aromatic carbocycles. The number of nitrogens with zero attached hydrogens (tertiary/aromatic N) is 1. The molecule has 0 aromatic heterocycles. The predicted molar refractivity (Wildman–Crippen MR) is 228 cm³/mol. The second-order valence-electron chi connectivity index (χ2n) is 15.4. The van der Waals surface area contributed by atoms with Gasteiger partial charge in [-0.3, -0.25) is 0 Å². The highest BCUT2D eigenvalue weighted by Gasteiger charge is 2.26. The Morgan fingerprint density at radius 3 is 1.53 bits per heavy atom. The van der Waals surface area contributed by atoms with Gasteiger partial charge in [-0.25, -0.2) is 0 Å². The molecule has 0 N–H and O–H groups in total. The van der Waals surface area contributed by atoms with Gasteiger partial charge in [-0.1, -0.05) is 148 Å². The van der Waals surface area contributed by atoms with Gasteiger partial charge in [0.25, 0.3) is 0 Å². The number of fused-ring (bicyclic) bond motifs is 7. The lowest BCUT2D eigenvalue weighted by atomic mass is 9.77. The van der Waals surface area contributed by atoms with Crippen LogP contribution in [0.3, 0.4) is 0 Å². The third-order valence-electron chi connectivity index (χ3n) is 11.1. The van der Waals surface area contributed by atoms with Crippen LogP contribution in [0.4, 0.5) is 17.1 Å². The summed E-state index contributed by atoms with van der Waals surface area (Å²) in [5.74, 6) is 0. The van der Waals surface area contributed by atoms with Gasteiger partial charge in [0, 0.05) is 22.3 Å². The van der Waals surface area contributed by atoms with E-state index in [9.17, 15) is 0 Å². The van der Waals surface area contributed by atoms with Crippen molar-refractivity contribution in [2.75, 3.05) is 4.90 Å².